The molecule has 0 bridgehead atoms. The number of hydrogen-bond donors (Lipinski definition) is 1. The van der Waals surface area contributed by atoms with Gasteiger partial charge in [-0.1, -0.05) is 24.3 Å². The van der Waals surface area contributed by atoms with E-state index in [0.29, 0.717) is 0 Å². The van der Waals surface area contributed by atoms with Crippen LogP contribution in [0.3, 0.4) is 0 Å². The van der Waals surface area contributed by atoms with Gasteiger partial charge in [0.15, 0.2) is 0 Å². The minimum absolute atomic E-state index is 0.0525. The molecular weight excluding hydrogens is 253 g/mol. The minimum atomic E-state index is -4.16. The Balaban J connectivity index is 2.03. The van der Waals surface area contributed by atoms with Crippen molar-refractivity contribution in [2.24, 2.45) is 5.73 Å². The molecule has 19 heavy (non-hydrogen) atoms. The molecule has 0 aromatic heterocycles. The van der Waals surface area contributed by atoms with E-state index in [0.717, 1.165) is 24.0 Å². The molecule has 1 atom stereocenters. The third-order valence-corrected chi connectivity index (χ3v) is 3.46. The molecule has 0 saturated heterocycles. The lowest BCUT2D eigenvalue weighted by molar-refractivity contribution is -0.147. The van der Waals surface area contributed by atoms with Crippen molar-refractivity contribution >= 4 is 0 Å². The summed E-state index contributed by atoms with van der Waals surface area (Å²) in [5.41, 5.74) is 8.02. The van der Waals surface area contributed by atoms with Crippen LogP contribution in [0.4, 0.5) is 13.2 Å². The topological polar surface area (TPSA) is 29.3 Å². The Bertz CT molecular complexity index is 427. The van der Waals surface area contributed by atoms with Crippen molar-refractivity contribution < 1.29 is 13.2 Å². The summed E-state index contributed by atoms with van der Waals surface area (Å²) in [6, 6.07) is 7.27. The zero-order chi connectivity index (χ0) is 14.0. The highest BCUT2D eigenvalue weighted by molar-refractivity contribution is 5.28. The second-order valence-corrected chi connectivity index (χ2v) is 5.24. The van der Waals surface area contributed by atoms with Gasteiger partial charge in [0.05, 0.1) is 6.54 Å². The molecule has 1 unspecified atom stereocenters. The Morgan fingerprint density at radius 3 is 2.47 bits per heavy atom. The van der Waals surface area contributed by atoms with Gasteiger partial charge in [0.1, 0.15) is 0 Å². The Hall–Kier alpha value is -1.07. The van der Waals surface area contributed by atoms with Crippen LogP contribution in [0.5, 0.6) is 0 Å². The number of hydrogen-bond acceptors (Lipinski definition) is 2. The molecule has 1 aliphatic carbocycles. The molecule has 1 saturated carbocycles. The van der Waals surface area contributed by atoms with E-state index in [1.807, 2.05) is 31.2 Å². The molecule has 1 aliphatic rings. The average Bonchev–Trinajstić information content (AvgIpc) is 3.10. The normalized spacial score (nSPS) is 17.8. The number of nitrogens with zero attached hydrogens (tertiary/aromatic N) is 1. The highest BCUT2D eigenvalue weighted by Crippen LogP contribution is 2.31. The van der Waals surface area contributed by atoms with Crippen LogP contribution in [0.2, 0.25) is 0 Å². The van der Waals surface area contributed by atoms with E-state index in [1.54, 1.807) is 0 Å². The standard InChI is InChI=1S/C14H19F3N2/c1-10-4-2-3-5-12(10)13(18)8-19(11-6-7-11)9-14(15,16)17/h2-5,11,13H,6-9,18H2,1H3. The maximum absolute atomic E-state index is 12.5. The lowest BCUT2D eigenvalue weighted by Crippen LogP contribution is -2.40. The van der Waals surface area contributed by atoms with Crippen LogP contribution >= 0.6 is 0 Å². The summed E-state index contributed by atoms with van der Waals surface area (Å²) in [7, 11) is 0. The molecular formula is C14H19F3N2. The van der Waals surface area contributed by atoms with Crippen LogP contribution in [0.1, 0.15) is 30.0 Å². The maximum atomic E-state index is 12.5. The summed E-state index contributed by atoms with van der Waals surface area (Å²) < 4.78 is 37.6. The monoisotopic (exact) mass is 272 g/mol. The van der Waals surface area contributed by atoms with E-state index in [-0.39, 0.29) is 18.6 Å². The largest absolute Gasteiger partial charge is 0.401 e. The van der Waals surface area contributed by atoms with E-state index < -0.39 is 12.7 Å². The Morgan fingerprint density at radius 2 is 1.95 bits per heavy atom. The van der Waals surface area contributed by atoms with Gasteiger partial charge < -0.3 is 5.73 Å². The first-order valence-electron chi connectivity index (χ1n) is 6.49. The summed E-state index contributed by atoms with van der Waals surface area (Å²) in [5, 5.41) is 0. The fraction of sp³-hybridized carbons (Fsp3) is 0.571. The molecule has 0 amide bonds. The van der Waals surface area contributed by atoms with E-state index in [2.05, 4.69) is 0 Å². The van der Waals surface area contributed by atoms with Gasteiger partial charge in [0.25, 0.3) is 0 Å². The van der Waals surface area contributed by atoms with Crippen molar-refractivity contribution in [3.63, 3.8) is 0 Å². The van der Waals surface area contributed by atoms with E-state index in [1.165, 1.54) is 4.90 Å². The van der Waals surface area contributed by atoms with Crippen molar-refractivity contribution in [3.05, 3.63) is 35.4 Å². The third-order valence-electron chi connectivity index (χ3n) is 3.46. The molecule has 1 aromatic carbocycles. The minimum Gasteiger partial charge on any atom is -0.323 e. The molecule has 0 radical (unpaired) electrons. The fourth-order valence-electron chi connectivity index (χ4n) is 2.37. The molecule has 0 aliphatic heterocycles. The zero-order valence-corrected chi connectivity index (χ0v) is 11.0. The summed E-state index contributed by atoms with van der Waals surface area (Å²) in [4.78, 5) is 1.47. The van der Waals surface area contributed by atoms with Gasteiger partial charge in [-0.2, -0.15) is 13.2 Å². The van der Waals surface area contributed by atoms with Crippen molar-refractivity contribution in [3.8, 4) is 0 Å². The van der Waals surface area contributed by atoms with Crippen LogP contribution in [0, 0.1) is 6.92 Å². The Morgan fingerprint density at radius 1 is 1.32 bits per heavy atom. The molecule has 5 heteroatoms. The fourth-order valence-corrected chi connectivity index (χ4v) is 2.37. The summed E-state index contributed by atoms with van der Waals surface area (Å²) in [6.45, 7) is 1.33. The summed E-state index contributed by atoms with van der Waals surface area (Å²) in [5.74, 6) is 0. The number of alkyl halides is 3. The molecule has 106 valence electrons. The van der Waals surface area contributed by atoms with Crippen LogP contribution in [0.25, 0.3) is 0 Å². The first kappa shape index (κ1) is 14.3. The van der Waals surface area contributed by atoms with Crippen LogP contribution in [-0.2, 0) is 0 Å². The van der Waals surface area contributed by atoms with Crippen LogP contribution < -0.4 is 5.73 Å². The number of aryl methyl sites for hydroxylation is 1. The number of nitrogens with two attached hydrogens (primary N) is 1. The quantitative estimate of drug-likeness (QED) is 0.892. The smallest absolute Gasteiger partial charge is 0.323 e. The average molecular weight is 272 g/mol. The van der Waals surface area contributed by atoms with E-state index in [4.69, 9.17) is 5.73 Å². The second kappa shape index (κ2) is 5.51. The van der Waals surface area contributed by atoms with E-state index in [9.17, 15) is 13.2 Å². The van der Waals surface area contributed by atoms with Crippen LogP contribution in [-0.4, -0.2) is 30.2 Å². The highest BCUT2D eigenvalue weighted by atomic mass is 19.4. The number of rotatable bonds is 5. The molecule has 1 aromatic rings. The van der Waals surface area contributed by atoms with Gasteiger partial charge in [-0.25, -0.2) is 0 Å². The van der Waals surface area contributed by atoms with Crippen molar-refractivity contribution in [1.29, 1.82) is 0 Å². The van der Waals surface area contributed by atoms with E-state index >= 15 is 0 Å². The second-order valence-electron chi connectivity index (χ2n) is 5.24. The number of benzene rings is 1. The van der Waals surface area contributed by atoms with Gasteiger partial charge in [0, 0.05) is 18.6 Å². The molecule has 0 spiro atoms. The SMILES string of the molecule is Cc1ccccc1C(N)CN(CC(F)(F)F)C1CC1. The van der Waals surface area contributed by atoms with Crippen molar-refractivity contribution in [2.45, 2.75) is 38.0 Å². The van der Waals surface area contributed by atoms with Crippen LogP contribution in [0.15, 0.2) is 24.3 Å². The molecule has 2 nitrogen and oxygen atoms in total. The first-order valence-corrected chi connectivity index (χ1v) is 6.49. The van der Waals surface area contributed by atoms with Crippen molar-refractivity contribution in [2.75, 3.05) is 13.1 Å². The Kier molecular flexibility index (Phi) is 4.16. The summed E-state index contributed by atoms with van der Waals surface area (Å²) >= 11 is 0. The van der Waals surface area contributed by atoms with Crippen molar-refractivity contribution in [1.82, 2.24) is 4.90 Å². The van der Waals surface area contributed by atoms with Gasteiger partial charge in [-0.05, 0) is 30.9 Å². The molecule has 1 fully saturated rings. The maximum Gasteiger partial charge on any atom is 0.401 e. The lowest BCUT2D eigenvalue weighted by Gasteiger charge is -2.27. The van der Waals surface area contributed by atoms with Gasteiger partial charge in [0.2, 0.25) is 0 Å². The molecule has 2 rings (SSSR count). The van der Waals surface area contributed by atoms with Gasteiger partial charge in [-0.15, -0.1) is 0 Å². The van der Waals surface area contributed by atoms with Gasteiger partial charge in [-0.3, -0.25) is 4.90 Å². The van der Waals surface area contributed by atoms with Gasteiger partial charge >= 0.3 is 6.18 Å². The molecule has 0 heterocycles. The first-order chi connectivity index (χ1) is 8.87. The number of halogens is 3. The summed E-state index contributed by atoms with van der Waals surface area (Å²) in [6.07, 6.45) is -2.47. The lowest BCUT2D eigenvalue weighted by atomic mass is 10.0. The third kappa shape index (κ3) is 4.21. The molecule has 2 N–H and O–H groups in total. The predicted molar refractivity (Wildman–Crippen MR) is 68.8 cm³/mol. The zero-order valence-electron chi connectivity index (χ0n) is 11.0. The predicted octanol–water partition coefficient (Wildman–Crippen LogP) is 3.02. The Labute approximate surface area is 111 Å². The highest BCUT2D eigenvalue weighted by Gasteiger charge is 2.38.